The monoisotopic (exact) mass is 332 g/mol. The van der Waals surface area contributed by atoms with Gasteiger partial charge in [0.15, 0.2) is 9.84 Å². The van der Waals surface area contributed by atoms with Crippen molar-refractivity contribution in [3.63, 3.8) is 0 Å². The van der Waals surface area contributed by atoms with Crippen LogP contribution in [-0.4, -0.2) is 45.2 Å². The quantitative estimate of drug-likeness (QED) is 0.797. The predicted molar refractivity (Wildman–Crippen MR) is 82.9 cm³/mol. The largest absolute Gasteiger partial charge is 0.399 e. The first-order valence-corrected chi connectivity index (χ1v) is 10.2. The molecule has 0 saturated carbocycles. The fraction of sp³-hybridized carbons (Fsp3) is 0.538. The number of nitrogens with two attached hydrogens (primary N) is 1. The number of rotatable bonds is 5. The number of sulfonamides is 1. The first-order valence-electron chi connectivity index (χ1n) is 6.78. The lowest BCUT2D eigenvalue weighted by Gasteiger charge is -2.26. The standard InChI is InChI=1S/C13H20N2O4S2/c1-2-15(13-7-8-20(16,17)10-13)21(18,19)9-11-3-5-12(14)6-4-11/h3-6,13H,2,7-10,14H2,1H3. The Morgan fingerprint density at radius 2 is 1.90 bits per heavy atom. The van der Waals surface area contributed by atoms with Crippen LogP contribution in [0.2, 0.25) is 0 Å². The molecule has 0 bridgehead atoms. The van der Waals surface area contributed by atoms with E-state index in [1.54, 1.807) is 31.2 Å². The van der Waals surface area contributed by atoms with E-state index < -0.39 is 25.9 Å². The molecule has 2 N–H and O–H groups in total. The fourth-order valence-corrected chi connectivity index (χ4v) is 6.22. The third-order valence-corrected chi connectivity index (χ3v) is 7.33. The minimum atomic E-state index is -3.54. The van der Waals surface area contributed by atoms with E-state index in [-0.39, 0.29) is 23.8 Å². The van der Waals surface area contributed by atoms with Crippen LogP contribution in [-0.2, 0) is 25.6 Å². The van der Waals surface area contributed by atoms with Crippen LogP contribution in [0, 0.1) is 0 Å². The van der Waals surface area contributed by atoms with Crippen molar-refractivity contribution in [1.29, 1.82) is 0 Å². The van der Waals surface area contributed by atoms with Crippen LogP contribution in [0.15, 0.2) is 24.3 Å². The van der Waals surface area contributed by atoms with Crippen LogP contribution >= 0.6 is 0 Å². The summed E-state index contributed by atoms with van der Waals surface area (Å²) in [6.45, 7) is 2.00. The van der Waals surface area contributed by atoms with Crippen LogP contribution in [0.25, 0.3) is 0 Å². The molecule has 1 heterocycles. The molecule has 0 radical (unpaired) electrons. The van der Waals surface area contributed by atoms with Gasteiger partial charge in [-0.3, -0.25) is 0 Å². The number of benzene rings is 1. The Labute approximate surface area is 125 Å². The minimum absolute atomic E-state index is 0.0611. The highest BCUT2D eigenvalue weighted by Gasteiger charge is 2.37. The highest BCUT2D eigenvalue weighted by molar-refractivity contribution is 7.92. The summed E-state index contributed by atoms with van der Waals surface area (Å²) in [7, 11) is -6.66. The number of hydrogen-bond donors (Lipinski definition) is 1. The third-order valence-electron chi connectivity index (χ3n) is 3.61. The molecule has 118 valence electrons. The summed E-state index contributed by atoms with van der Waals surface area (Å²) in [5.41, 5.74) is 6.80. The van der Waals surface area contributed by atoms with Crippen LogP contribution in [0.5, 0.6) is 0 Å². The van der Waals surface area contributed by atoms with Gasteiger partial charge in [0, 0.05) is 18.3 Å². The van der Waals surface area contributed by atoms with Crippen molar-refractivity contribution in [2.45, 2.75) is 25.1 Å². The molecule has 6 nitrogen and oxygen atoms in total. The number of nitrogens with zero attached hydrogens (tertiary/aromatic N) is 1. The van der Waals surface area contributed by atoms with Crippen LogP contribution in [0.1, 0.15) is 18.9 Å². The van der Waals surface area contributed by atoms with Crippen molar-refractivity contribution in [2.24, 2.45) is 0 Å². The summed E-state index contributed by atoms with van der Waals surface area (Å²) >= 11 is 0. The lowest BCUT2D eigenvalue weighted by Crippen LogP contribution is -2.41. The van der Waals surface area contributed by atoms with Crippen molar-refractivity contribution in [3.8, 4) is 0 Å². The Morgan fingerprint density at radius 3 is 2.38 bits per heavy atom. The molecule has 0 aliphatic carbocycles. The average Bonchev–Trinajstić information content (AvgIpc) is 2.72. The van der Waals surface area contributed by atoms with E-state index in [2.05, 4.69) is 0 Å². The number of nitrogen functional groups attached to an aromatic ring is 1. The van der Waals surface area contributed by atoms with Gasteiger partial charge in [-0.05, 0) is 24.1 Å². The molecular formula is C13H20N2O4S2. The first-order chi connectivity index (χ1) is 9.73. The number of hydrogen-bond acceptors (Lipinski definition) is 5. The topological polar surface area (TPSA) is 97.5 Å². The van der Waals surface area contributed by atoms with Crippen LogP contribution < -0.4 is 5.73 Å². The molecule has 2 rings (SSSR count). The molecule has 1 fully saturated rings. The van der Waals surface area contributed by atoms with Crippen molar-refractivity contribution < 1.29 is 16.8 Å². The Morgan fingerprint density at radius 1 is 1.29 bits per heavy atom. The van der Waals surface area contributed by atoms with Gasteiger partial charge in [-0.1, -0.05) is 19.1 Å². The van der Waals surface area contributed by atoms with E-state index in [0.29, 0.717) is 17.7 Å². The van der Waals surface area contributed by atoms with E-state index >= 15 is 0 Å². The van der Waals surface area contributed by atoms with Gasteiger partial charge in [-0.15, -0.1) is 0 Å². The van der Waals surface area contributed by atoms with E-state index in [1.165, 1.54) is 4.31 Å². The molecule has 1 aliphatic heterocycles. The van der Waals surface area contributed by atoms with Crippen molar-refractivity contribution >= 4 is 25.5 Å². The second-order valence-electron chi connectivity index (χ2n) is 5.26. The second-order valence-corrected chi connectivity index (χ2v) is 9.41. The zero-order valence-corrected chi connectivity index (χ0v) is 13.5. The van der Waals surface area contributed by atoms with Gasteiger partial charge < -0.3 is 5.73 Å². The maximum atomic E-state index is 12.5. The fourth-order valence-electron chi connectivity index (χ4n) is 2.59. The summed E-state index contributed by atoms with van der Waals surface area (Å²) < 4.78 is 49.4. The van der Waals surface area contributed by atoms with Gasteiger partial charge in [0.2, 0.25) is 10.0 Å². The average molecular weight is 332 g/mol. The van der Waals surface area contributed by atoms with Crippen LogP contribution in [0.4, 0.5) is 5.69 Å². The van der Waals surface area contributed by atoms with Crippen molar-refractivity contribution in [1.82, 2.24) is 4.31 Å². The van der Waals surface area contributed by atoms with Gasteiger partial charge in [0.25, 0.3) is 0 Å². The Hall–Kier alpha value is -1.12. The SMILES string of the molecule is CCN(C1CCS(=O)(=O)C1)S(=O)(=O)Cc1ccc(N)cc1. The molecule has 0 spiro atoms. The number of anilines is 1. The molecule has 0 amide bonds. The highest BCUT2D eigenvalue weighted by atomic mass is 32.2. The maximum absolute atomic E-state index is 12.5. The molecule has 1 unspecified atom stereocenters. The Bertz CT molecular complexity index is 696. The van der Waals surface area contributed by atoms with E-state index in [1.807, 2.05) is 0 Å². The summed E-state index contributed by atoms with van der Waals surface area (Å²) in [6, 6.07) is 6.21. The summed E-state index contributed by atoms with van der Waals surface area (Å²) in [5, 5.41) is 0. The lowest BCUT2D eigenvalue weighted by molar-refractivity contribution is 0.354. The zero-order chi connectivity index (χ0) is 15.7. The van der Waals surface area contributed by atoms with Crippen molar-refractivity contribution in [2.75, 3.05) is 23.8 Å². The maximum Gasteiger partial charge on any atom is 0.218 e. The smallest absolute Gasteiger partial charge is 0.218 e. The van der Waals surface area contributed by atoms with E-state index in [9.17, 15) is 16.8 Å². The minimum Gasteiger partial charge on any atom is -0.399 e. The second kappa shape index (κ2) is 5.94. The molecule has 1 aliphatic rings. The van der Waals surface area contributed by atoms with E-state index in [0.717, 1.165) is 0 Å². The molecule has 1 aromatic carbocycles. The molecule has 1 atom stereocenters. The summed E-state index contributed by atoms with van der Waals surface area (Å²) in [6.07, 6.45) is 0.372. The normalized spacial score (nSPS) is 21.7. The first kappa shape index (κ1) is 16.3. The molecular weight excluding hydrogens is 312 g/mol. The summed E-state index contributed by atoms with van der Waals surface area (Å²) in [4.78, 5) is 0. The zero-order valence-electron chi connectivity index (χ0n) is 11.9. The van der Waals surface area contributed by atoms with Gasteiger partial charge in [-0.2, -0.15) is 4.31 Å². The van der Waals surface area contributed by atoms with Gasteiger partial charge in [0.1, 0.15) is 0 Å². The molecule has 1 saturated heterocycles. The molecule has 0 aromatic heterocycles. The van der Waals surface area contributed by atoms with Crippen molar-refractivity contribution in [3.05, 3.63) is 29.8 Å². The third kappa shape index (κ3) is 3.96. The lowest BCUT2D eigenvalue weighted by atomic mass is 10.2. The Balaban J connectivity index is 2.18. The molecule has 8 heteroatoms. The molecule has 1 aromatic rings. The van der Waals surface area contributed by atoms with Crippen LogP contribution in [0.3, 0.4) is 0 Å². The number of sulfone groups is 1. The highest BCUT2D eigenvalue weighted by Crippen LogP contribution is 2.22. The predicted octanol–water partition coefficient (Wildman–Crippen LogP) is 0.608. The van der Waals surface area contributed by atoms with E-state index in [4.69, 9.17) is 5.73 Å². The molecule has 21 heavy (non-hydrogen) atoms. The van der Waals surface area contributed by atoms with Gasteiger partial charge >= 0.3 is 0 Å². The summed E-state index contributed by atoms with van der Waals surface area (Å²) in [5.74, 6) is -0.162. The Kier molecular flexibility index (Phi) is 4.60. The van der Waals surface area contributed by atoms with Gasteiger partial charge in [0.05, 0.1) is 17.3 Å². The van der Waals surface area contributed by atoms with Gasteiger partial charge in [-0.25, -0.2) is 16.8 Å².